The minimum absolute atomic E-state index is 0.270. The van der Waals surface area contributed by atoms with Gasteiger partial charge >= 0.3 is 11.9 Å². The van der Waals surface area contributed by atoms with Crippen LogP contribution in [0.1, 0.15) is 66.5 Å². The first-order valence-corrected chi connectivity index (χ1v) is 12.9. The number of carbonyl (C=O) groups is 2. The van der Waals surface area contributed by atoms with E-state index < -0.39 is 29.9 Å². The fourth-order valence-corrected chi connectivity index (χ4v) is 3.80. The van der Waals surface area contributed by atoms with Crippen LogP contribution in [0.2, 0.25) is 0 Å². The third kappa shape index (κ3) is 8.53. The van der Waals surface area contributed by atoms with E-state index in [1.54, 1.807) is 39.8 Å². The summed E-state index contributed by atoms with van der Waals surface area (Å²) in [5, 5.41) is 0. The smallest absolute Gasteiger partial charge is 0.336 e. The lowest BCUT2D eigenvalue weighted by Crippen LogP contribution is -2.27. The van der Waals surface area contributed by atoms with Crippen molar-refractivity contribution in [3.63, 3.8) is 0 Å². The van der Waals surface area contributed by atoms with Crippen LogP contribution < -0.4 is 18.9 Å². The summed E-state index contributed by atoms with van der Waals surface area (Å²) < 4.78 is 34.4. The van der Waals surface area contributed by atoms with Crippen molar-refractivity contribution in [3.8, 4) is 23.0 Å². The van der Waals surface area contributed by atoms with Crippen LogP contribution >= 0.6 is 0 Å². The third-order valence-corrected chi connectivity index (χ3v) is 5.70. The maximum Gasteiger partial charge on any atom is 0.336 e. The van der Waals surface area contributed by atoms with Gasteiger partial charge in [0, 0.05) is 53.7 Å². The SMILES string of the molecule is C=C(C)C(=O)OC(C)Oc1cc(OCC)ccc1C(C)(C)c1ccc(OCC)cc1OC(C)OC(=O)C(=C)C. The Balaban J connectivity index is 2.56. The molecule has 2 rings (SSSR count). The number of ether oxygens (including phenoxy) is 6. The van der Waals surface area contributed by atoms with E-state index >= 15 is 0 Å². The van der Waals surface area contributed by atoms with Gasteiger partial charge < -0.3 is 28.4 Å². The van der Waals surface area contributed by atoms with E-state index in [4.69, 9.17) is 28.4 Å². The van der Waals surface area contributed by atoms with Crippen LogP contribution in [0.15, 0.2) is 60.7 Å². The standard InChI is InChI=1S/C31H40O8/c1-11-34-23-13-15-25(27(17-23)36-21(7)38-29(32)19(3)4)31(9,10)26-16-14-24(35-12-2)18-28(26)37-22(8)39-30(33)20(5)6/h13-18,21-22H,3,5,11-12H2,1-2,4,6-10H3. The van der Waals surface area contributed by atoms with Crippen LogP contribution in [0.3, 0.4) is 0 Å². The van der Waals surface area contributed by atoms with Crippen LogP contribution in [0, 0.1) is 0 Å². The van der Waals surface area contributed by atoms with Crippen molar-refractivity contribution in [2.75, 3.05) is 13.2 Å². The first kappa shape index (κ1) is 31.3. The first-order chi connectivity index (χ1) is 18.3. The molecular weight excluding hydrogens is 500 g/mol. The van der Waals surface area contributed by atoms with Gasteiger partial charge in [0.25, 0.3) is 0 Å². The molecule has 0 N–H and O–H groups in total. The molecule has 2 atom stereocenters. The van der Waals surface area contributed by atoms with Gasteiger partial charge in [0.15, 0.2) is 0 Å². The molecule has 0 bridgehead atoms. The molecule has 0 aliphatic rings. The number of hydrogen-bond acceptors (Lipinski definition) is 8. The van der Waals surface area contributed by atoms with Crippen LogP contribution in [0.5, 0.6) is 23.0 Å². The molecular formula is C31H40O8. The third-order valence-electron chi connectivity index (χ3n) is 5.70. The molecule has 0 aliphatic carbocycles. The molecule has 2 aromatic carbocycles. The second kappa shape index (κ2) is 13.7. The molecule has 0 aromatic heterocycles. The number of esters is 2. The minimum atomic E-state index is -0.891. The lowest BCUT2D eigenvalue weighted by atomic mass is 9.77. The summed E-state index contributed by atoms with van der Waals surface area (Å²) in [5.41, 5.74) is 1.41. The van der Waals surface area contributed by atoms with Crippen LogP contribution in [-0.4, -0.2) is 37.7 Å². The monoisotopic (exact) mass is 540 g/mol. The summed E-state index contributed by atoms with van der Waals surface area (Å²) in [4.78, 5) is 24.1. The van der Waals surface area contributed by atoms with Crippen LogP contribution in [-0.2, 0) is 24.5 Å². The summed E-state index contributed by atoms with van der Waals surface area (Å²) in [5.74, 6) is 1.04. The molecule has 0 aliphatic heterocycles. The zero-order valence-corrected chi connectivity index (χ0v) is 24.2. The highest BCUT2D eigenvalue weighted by molar-refractivity contribution is 5.87. The van der Waals surface area contributed by atoms with Gasteiger partial charge in [-0.2, -0.15) is 0 Å². The van der Waals surface area contributed by atoms with Gasteiger partial charge in [-0.3, -0.25) is 0 Å². The molecule has 0 heterocycles. The van der Waals surface area contributed by atoms with Crippen molar-refractivity contribution in [2.24, 2.45) is 0 Å². The summed E-state index contributed by atoms with van der Waals surface area (Å²) in [7, 11) is 0. The summed E-state index contributed by atoms with van der Waals surface area (Å²) in [6.07, 6.45) is -1.78. The molecule has 0 spiro atoms. The largest absolute Gasteiger partial charge is 0.494 e. The molecule has 212 valence electrons. The van der Waals surface area contributed by atoms with Gasteiger partial charge in [0.2, 0.25) is 12.6 Å². The topological polar surface area (TPSA) is 89.5 Å². The quantitative estimate of drug-likeness (QED) is 0.152. The highest BCUT2D eigenvalue weighted by atomic mass is 16.7. The van der Waals surface area contributed by atoms with E-state index in [1.807, 2.05) is 52.0 Å². The number of benzene rings is 2. The highest BCUT2D eigenvalue weighted by Crippen LogP contribution is 2.44. The Bertz CT molecular complexity index is 1110. The van der Waals surface area contributed by atoms with E-state index in [9.17, 15) is 9.59 Å². The molecule has 8 nitrogen and oxygen atoms in total. The molecule has 0 saturated carbocycles. The minimum Gasteiger partial charge on any atom is -0.494 e. The molecule has 0 saturated heterocycles. The van der Waals surface area contributed by atoms with Crippen molar-refractivity contribution < 1.29 is 38.0 Å². The highest BCUT2D eigenvalue weighted by Gasteiger charge is 2.32. The average molecular weight is 541 g/mol. The van der Waals surface area contributed by atoms with E-state index in [2.05, 4.69) is 13.2 Å². The van der Waals surface area contributed by atoms with Crippen LogP contribution in [0.4, 0.5) is 0 Å². The second-order valence-corrected chi connectivity index (χ2v) is 9.55. The molecule has 39 heavy (non-hydrogen) atoms. The molecule has 8 heteroatoms. The van der Waals surface area contributed by atoms with Gasteiger partial charge in [-0.1, -0.05) is 39.1 Å². The predicted molar refractivity (Wildman–Crippen MR) is 149 cm³/mol. The maximum absolute atomic E-state index is 12.1. The fourth-order valence-electron chi connectivity index (χ4n) is 3.80. The second-order valence-electron chi connectivity index (χ2n) is 9.55. The molecule has 2 unspecified atom stereocenters. The Labute approximate surface area is 231 Å². The Morgan fingerprint density at radius 1 is 0.744 bits per heavy atom. The normalized spacial score (nSPS) is 12.5. The van der Waals surface area contributed by atoms with Crippen LogP contribution in [0.25, 0.3) is 0 Å². The number of carbonyl (C=O) groups excluding carboxylic acids is 2. The zero-order valence-electron chi connectivity index (χ0n) is 24.2. The van der Waals surface area contributed by atoms with E-state index in [0.29, 0.717) is 36.2 Å². The van der Waals surface area contributed by atoms with Crippen molar-refractivity contribution >= 4 is 11.9 Å². The predicted octanol–water partition coefficient (Wildman–Crippen LogP) is 6.50. The van der Waals surface area contributed by atoms with Crippen molar-refractivity contribution in [3.05, 3.63) is 71.8 Å². The Hall–Kier alpha value is -3.94. The van der Waals surface area contributed by atoms with Crippen molar-refractivity contribution in [2.45, 2.75) is 73.4 Å². The molecule has 2 aromatic rings. The van der Waals surface area contributed by atoms with Crippen molar-refractivity contribution in [1.29, 1.82) is 0 Å². The van der Waals surface area contributed by atoms with E-state index in [0.717, 1.165) is 11.1 Å². The van der Waals surface area contributed by atoms with Gasteiger partial charge in [-0.25, -0.2) is 9.59 Å². The Morgan fingerprint density at radius 3 is 1.41 bits per heavy atom. The lowest BCUT2D eigenvalue weighted by molar-refractivity contribution is -0.157. The van der Waals surface area contributed by atoms with Crippen molar-refractivity contribution in [1.82, 2.24) is 0 Å². The number of rotatable bonds is 14. The van der Waals surface area contributed by atoms with E-state index in [-0.39, 0.29) is 11.1 Å². The molecule has 0 fully saturated rings. The Morgan fingerprint density at radius 2 is 1.10 bits per heavy atom. The molecule has 0 amide bonds. The fraction of sp³-hybridized carbons (Fsp3) is 0.419. The summed E-state index contributed by atoms with van der Waals surface area (Å²) in [6, 6.07) is 11.0. The average Bonchev–Trinajstić information content (AvgIpc) is 2.84. The maximum atomic E-state index is 12.1. The Kier molecular flexibility index (Phi) is 11.0. The van der Waals surface area contributed by atoms with Gasteiger partial charge in [0.05, 0.1) is 13.2 Å². The lowest BCUT2D eigenvalue weighted by Gasteiger charge is -2.31. The van der Waals surface area contributed by atoms with Gasteiger partial charge in [-0.05, 0) is 39.8 Å². The zero-order chi connectivity index (χ0) is 29.3. The van der Waals surface area contributed by atoms with Gasteiger partial charge in [0.1, 0.15) is 23.0 Å². The molecule has 0 radical (unpaired) electrons. The summed E-state index contributed by atoms with van der Waals surface area (Å²) in [6.45, 7) is 22.4. The van der Waals surface area contributed by atoms with E-state index in [1.165, 1.54) is 0 Å². The first-order valence-electron chi connectivity index (χ1n) is 12.9. The van der Waals surface area contributed by atoms with Gasteiger partial charge in [-0.15, -0.1) is 0 Å². The number of hydrogen-bond donors (Lipinski definition) is 0. The summed E-state index contributed by atoms with van der Waals surface area (Å²) >= 11 is 0.